The number of hydrogen-bond acceptors (Lipinski definition) is 14. The van der Waals surface area contributed by atoms with Gasteiger partial charge in [-0.25, -0.2) is 9.13 Å². The van der Waals surface area contributed by atoms with E-state index in [-0.39, 0.29) is 19.3 Å². The molecule has 5 atom stereocenters. The first kappa shape index (κ1) is 87.5. The summed E-state index contributed by atoms with van der Waals surface area (Å²) in [5.41, 5.74) is 0. The number of rotatable bonds is 67. The van der Waals surface area contributed by atoms with Gasteiger partial charge in [-0.2, -0.15) is 0 Å². The van der Waals surface area contributed by atoms with E-state index in [0.717, 1.165) is 167 Å². The van der Waals surface area contributed by atoms with E-state index in [9.17, 15) is 43.5 Å². The smallest absolute Gasteiger partial charge is 0.463 e. The van der Waals surface area contributed by atoms with Crippen LogP contribution >= 0.6 is 15.6 Å². The molecule has 526 valence electrons. The lowest BCUT2D eigenvalue weighted by Crippen LogP contribution is -2.30. The summed E-state index contributed by atoms with van der Waals surface area (Å²) in [6, 6.07) is 0. The molecule has 0 aromatic heterocycles. The van der Waals surface area contributed by atoms with Crippen LogP contribution in [0.5, 0.6) is 0 Å². The predicted octanol–water partition coefficient (Wildman–Crippen LogP) is 19.9. The SMILES string of the molecule is CC/C=C\C/C=C\C/C=C\C/C=C\C/C=C\CCCCCCCCCC(=O)OCC(O)COP(=O)(O)OCC(O)COP(=O)(O)OCC(COC(=O)CCCCCCCCC/C=C\C/C=C\C/C=C\CC)OC(=O)CCCCCCCCCCCCCCCCC. The maximum Gasteiger partial charge on any atom is 0.472 e. The van der Waals surface area contributed by atoms with Crippen LogP contribution in [0.4, 0.5) is 0 Å². The standard InChI is InChI=1S/C73H128O16P2/c1-4-7-10-13-16-19-22-25-28-30-31-32-33-34-35-37-40-41-44-47-50-53-56-59-71(76)83-62-68(74)63-85-90(79,80)86-64-69(75)65-87-91(81,82)88-67-70(89-73(78)61-58-55-52-49-46-43-38-27-24-21-18-15-12-9-6-3)66-84-72(77)60-57-54-51-48-45-42-39-36-29-26-23-20-17-14-11-8-5-2/h7-8,10-11,16-17,19-20,25-26,28-29,31-32,34-35,68-70,74-75H,4-6,9,12-15,18,21-24,27,30,33,36-67H2,1-3H3,(H,79,80)(H,81,82)/b10-7-,11-8-,19-16-,20-17-,28-25-,29-26-,32-31-,35-34-. The number of esters is 3. The van der Waals surface area contributed by atoms with Gasteiger partial charge in [-0.05, 0) is 96.3 Å². The Morgan fingerprint density at radius 2 is 0.582 bits per heavy atom. The summed E-state index contributed by atoms with van der Waals surface area (Å²) in [4.78, 5) is 58.4. The number of aliphatic hydroxyl groups excluding tert-OH is 2. The minimum Gasteiger partial charge on any atom is -0.463 e. The molecule has 0 aliphatic rings. The van der Waals surface area contributed by atoms with Gasteiger partial charge in [0, 0.05) is 19.3 Å². The third kappa shape index (κ3) is 67.7. The van der Waals surface area contributed by atoms with E-state index in [4.69, 9.17) is 32.3 Å². The number of phosphoric acid groups is 2. The van der Waals surface area contributed by atoms with Gasteiger partial charge < -0.3 is 34.2 Å². The van der Waals surface area contributed by atoms with Crippen LogP contribution in [-0.2, 0) is 55.8 Å². The van der Waals surface area contributed by atoms with Crippen molar-refractivity contribution in [2.24, 2.45) is 0 Å². The fourth-order valence-electron chi connectivity index (χ4n) is 9.44. The Kier molecular flexibility index (Phi) is 63.9. The summed E-state index contributed by atoms with van der Waals surface area (Å²) in [7, 11) is -9.78. The maximum atomic E-state index is 12.9. The predicted molar refractivity (Wildman–Crippen MR) is 371 cm³/mol. The minimum atomic E-state index is -4.93. The average Bonchev–Trinajstić information content (AvgIpc) is 3.63. The molecule has 0 spiro atoms. The van der Waals surface area contributed by atoms with Crippen LogP contribution in [0.3, 0.4) is 0 Å². The molecule has 91 heavy (non-hydrogen) atoms. The van der Waals surface area contributed by atoms with Gasteiger partial charge in [-0.3, -0.25) is 32.5 Å². The molecule has 0 aliphatic heterocycles. The number of carbonyl (C=O) groups excluding carboxylic acids is 3. The Morgan fingerprint density at radius 3 is 0.923 bits per heavy atom. The van der Waals surface area contributed by atoms with Gasteiger partial charge in [0.15, 0.2) is 6.10 Å². The molecule has 0 radical (unpaired) electrons. The third-order valence-corrected chi connectivity index (χ3v) is 16.7. The molecule has 0 rings (SSSR count). The topological polar surface area (TPSA) is 231 Å². The lowest BCUT2D eigenvalue weighted by molar-refractivity contribution is -0.161. The minimum absolute atomic E-state index is 0.105. The summed E-state index contributed by atoms with van der Waals surface area (Å²) >= 11 is 0. The normalized spacial score (nSPS) is 14.8. The van der Waals surface area contributed by atoms with Crippen molar-refractivity contribution < 1.29 is 75.8 Å². The third-order valence-electron chi connectivity index (χ3n) is 14.8. The highest BCUT2D eigenvalue weighted by atomic mass is 31.2. The number of carbonyl (C=O) groups is 3. The molecule has 4 N–H and O–H groups in total. The van der Waals surface area contributed by atoms with E-state index in [1.54, 1.807) is 0 Å². The van der Waals surface area contributed by atoms with Crippen LogP contribution in [0, 0.1) is 0 Å². The fourth-order valence-corrected chi connectivity index (χ4v) is 11.0. The van der Waals surface area contributed by atoms with Gasteiger partial charge >= 0.3 is 33.6 Å². The van der Waals surface area contributed by atoms with Crippen LogP contribution in [0.15, 0.2) is 97.2 Å². The van der Waals surface area contributed by atoms with Crippen LogP contribution in [0.1, 0.15) is 290 Å². The van der Waals surface area contributed by atoms with Crippen molar-refractivity contribution in [1.29, 1.82) is 0 Å². The van der Waals surface area contributed by atoms with Crippen molar-refractivity contribution in [3.63, 3.8) is 0 Å². The summed E-state index contributed by atoms with van der Waals surface area (Å²) < 4.78 is 61.0. The molecule has 0 heterocycles. The Hall–Kier alpha value is -3.53. The number of allylic oxidation sites excluding steroid dienone is 16. The van der Waals surface area contributed by atoms with E-state index < -0.39 is 91.5 Å². The molecule has 0 saturated heterocycles. The fraction of sp³-hybridized carbons (Fsp3) is 0.740. The molecular formula is C73H128O16P2. The molecule has 0 aromatic rings. The quantitative estimate of drug-likeness (QED) is 0.0146. The average molecular weight is 1320 g/mol. The number of ether oxygens (including phenoxy) is 3. The van der Waals surface area contributed by atoms with Gasteiger partial charge in [-0.1, -0.05) is 272 Å². The van der Waals surface area contributed by atoms with E-state index in [1.807, 2.05) is 0 Å². The highest BCUT2D eigenvalue weighted by molar-refractivity contribution is 7.47. The molecule has 16 nitrogen and oxygen atoms in total. The maximum absolute atomic E-state index is 12.9. The molecule has 5 unspecified atom stereocenters. The zero-order chi connectivity index (χ0) is 66.7. The van der Waals surface area contributed by atoms with Gasteiger partial charge in [0.1, 0.15) is 25.4 Å². The summed E-state index contributed by atoms with van der Waals surface area (Å²) in [6.07, 6.45) is 73.0. The number of unbranched alkanes of at least 4 members (excludes halogenated alkanes) is 28. The van der Waals surface area contributed by atoms with Crippen LogP contribution < -0.4 is 0 Å². The first-order chi connectivity index (χ1) is 44.2. The molecule has 0 saturated carbocycles. The molecule has 0 amide bonds. The lowest BCUT2D eigenvalue weighted by atomic mass is 10.0. The number of phosphoric ester groups is 2. The first-order valence-corrected chi connectivity index (χ1v) is 38.5. The second-order valence-corrected chi connectivity index (χ2v) is 26.5. The van der Waals surface area contributed by atoms with Gasteiger partial charge in [0.25, 0.3) is 0 Å². The van der Waals surface area contributed by atoms with Crippen molar-refractivity contribution >= 4 is 33.6 Å². The largest absolute Gasteiger partial charge is 0.472 e. The van der Waals surface area contributed by atoms with Crippen molar-refractivity contribution in [2.75, 3.05) is 39.6 Å². The van der Waals surface area contributed by atoms with E-state index in [1.165, 1.54) is 64.2 Å². The Bertz CT molecular complexity index is 2050. The summed E-state index contributed by atoms with van der Waals surface area (Å²) in [5.74, 6) is -1.59. The van der Waals surface area contributed by atoms with Crippen molar-refractivity contribution in [1.82, 2.24) is 0 Å². The Balaban J connectivity index is 4.61. The van der Waals surface area contributed by atoms with Crippen LogP contribution in [-0.4, -0.2) is 95.9 Å². The van der Waals surface area contributed by atoms with Crippen molar-refractivity contribution in [3.8, 4) is 0 Å². The molecule has 0 aliphatic carbocycles. The Labute approximate surface area is 552 Å². The van der Waals surface area contributed by atoms with E-state index in [0.29, 0.717) is 19.3 Å². The van der Waals surface area contributed by atoms with Crippen molar-refractivity contribution in [2.45, 2.75) is 309 Å². The van der Waals surface area contributed by atoms with Gasteiger partial charge in [0.2, 0.25) is 0 Å². The molecule has 0 bridgehead atoms. The zero-order valence-electron chi connectivity index (χ0n) is 57.0. The van der Waals surface area contributed by atoms with Crippen LogP contribution in [0.2, 0.25) is 0 Å². The lowest BCUT2D eigenvalue weighted by Gasteiger charge is -2.21. The van der Waals surface area contributed by atoms with E-state index >= 15 is 0 Å². The molecule has 18 heteroatoms. The van der Waals surface area contributed by atoms with Crippen LogP contribution in [0.25, 0.3) is 0 Å². The Morgan fingerprint density at radius 1 is 0.319 bits per heavy atom. The molecule has 0 aromatic carbocycles. The highest BCUT2D eigenvalue weighted by Gasteiger charge is 2.29. The number of aliphatic hydroxyl groups is 2. The summed E-state index contributed by atoms with van der Waals surface area (Å²) in [5, 5.41) is 20.6. The second-order valence-electron chi connectivity index (χ2n) is 23.6. The summed E-state index contributed by atoms with van der Waals surface area (Å²) in [6.45, 7) is 2.45. The monoisotopic (exact) mass is 1320 g/mol. The first-order valence-electron chi connectivity index (χ1n) is 35.5. The van der Waals surface area contributed by atoms with E-state index in [2.05, 4.69) is 118 Å². The number of hydrogen-bond donors (Lipinski definition) is 4. The highest BCUT2D eigenvalue weighted by Crippen LogP contribution is 2.45. The molecular weight excluding hydrogens is 1190 g/mol. The van der Waals surface area contributed by atoms with Crippen molar-refractivity contribution in [3.05, 3.63) is 97.2 Å². The zero-order valence-corrected chi connectivity index (χ0v) is 58.8. The second kappa shape index (κ2) is 66.5. The van der Waals surface area contributed by atoms with Gasteiger partial charge in [0.05, 0.1) is 26.4 Å². The van der Waals surface area contributed by atoms with Gasteiger partial charge in [-0.15, -0.1) is 0 Å². The molecule has 0 fully saturated rings.